The lowest BCUT2D eigenvalue weighted by molar-refractivity contribution is -0.877. The van der Waals surface area contributed by atoms with Crippen LogP contribution >= 0.6 is 0 Å². The fourth-order valence-corrected chi connectivity index (χ4v) is 1.56. The van der Waals surface area contributed by atoms with E-state index in [1.807, 2.05) is 21.1 Å². The summed E-state index contributed by atoms with van der Waals surface area (Å²) in [6.07, 6.45) is -0.540. The fourth-order valence-electron chi connectivity index (χ4n) is 1.56. The highest BCUT2D eigenvalue weighted by Gasteiger charge is 2.35. The van der Waals surface area contributed by atoms with Crippen LogP contribution in [0.2, 0.25) is 0 Å². The number of carboxylic acids is 1. The van der Waals surface area contributed by atoms with E-state index in [1.165, 1.54) is 0 Å². The zero-order valence-corrected chi connectivity index (χ0v) is 8.96. The summed E-state index contributed by atoms with van der Waals surface area (Å²) in [5.41, 5.74) is -1.45. The van der Waals surface area contributed by atoms with Gasteiger partial charge in [-0.1, -0.05) is 0 Å². The number of likely N-dealkylation sites (N-methyl/N-ethyl adjacent to an activating group) is 1. The minimum atomic E-state index is -1.45. The third kappa shape index (κ3) is 5.88. The first kappa shape index (κ1) is 13.3. The molecule has 1 atom stereocenters. The maximum atomic E-state index is 12.2. The molecule has 0 aromatic heterocycles. The number of quaternary nitrogens is 1. The Balaban J connectivity index is 4.46. The molecule has 0 heterocycles. The summed E-state index contributed by atoms with van der Waals surface area (Å²) in [5.74, 6) is -1.10. The van der Waals surface area contributed by atoms with E-state index in [2.05, 4.69) is 0 Å². The summed E-state index contributed by atoms with van der Waals surface area (Å²) >= 11 is 0. The molecule has 0 bridgehead atoms. The Hall–Kier alpha value is -0.680. The average molecular weight is 208 g/mol. The van der Waals surface area contributed by atoms with E-state index in [1.54, 1.807) is 0 Å². The molecule has 0 radical (unpaired) electrons. The Morgan fingerprint density at radius 3 is 2.21 bits per heavy atom. The zero-order chi connectivity index (χ0) is 11.4. The van der Waals surface area contributed by atoms with Gasteiger partial charge in [-0.15, -0.1) is 0 Å². The standard InChI is InChI=1S/C9H18FNO3/c1-11(2,3)7-9(14,4-5-10)6-8(12)13/h14H,4-7H2,1-3H3/p+1. The van der Waals surface area contributed by atoms with Crippen LogP contribution in [0.4, 0.5) is 4.39 Å². The van der Waals surface area contributed by atoms with Gasteiger partial charge in [0.05, 0.1) is 34.2 Å². The van der Waals surface area contributed by atoms with Gasteiger partial charge in [0.15, 0.2) is 0 Å². The molecular formula is C9H19FNO3+. The van der Waals surface area contributed by atoms with Crippen molar-refractivity contribution in [2.75, 3.05) is 34.4 Å². The van der Waals surface area contributed by atoms with Crippen molar-refractivity contribution in [2.45, 2.75) is 18.4 Å². The highest BCUT2D eigenvalue weighted by molar-refractivity contribution is 5.68. The van der Waals surface area contributed by atoms with Crippen molar-refractivity contribution in [3.63, 3.8) is 0 Å². The van der Waals surface area contributed by atoms with Gasteiger partial charge in [0.1, 0.15) is 12.1 Å². The van der Waals surface area contributed by atoms with Crippen LogP contribution in [0.5, 0.6) is 0 Å². The molecular weight excluding hydrogens is 189 g/mol. The van der Waals surface area contributed by atoms with Gasteiger partial charge >= 0.3 is 5.97 Å². The molecule has 0 fully saturated rings. The van der Waals surface area contributed by atoms with E-state index >= 15 is 0 Å². The molecule has 2 N–H and O–H groups in total. The Labute approximate surface area is 83.5 Å². The molecule has 84 valence electrons. The predicted molar refractivity (Wildman–Crippen MR) is 50.7 cm³/mol. The quantitative estimate of drug-likeness (QED) is 0.615. The first-order chi connectivity index (χ1) is 6.18. The van der Waals surface area contributed by atoms with E-state index < -0.39 is 24.7 Å². The number of nitrogens with zero attached hydrogens (tertiary/aromatic N) is 1. The zero-order valence-electron chi connectivity index (χ0n) is 8.96. The van der Waals surface area contributed by atoms with Crippen molar-refractivity contribution in [1.29, 1.82) is 0 Å². The fraction of sp³-hybridized carbons (Fsp3) is 0.889. The lowest BCUT2D eigenvalue weighted by atomic mass is 9.95. The van der Waals surface area contributed by atoms with Gasteiger partial charge in [-0.25, -0.2) is 0 Å². The van der Waals surface area contributed by atoms with Crippen molar-refractivity contribution in [3.05, 3.63) is 0 Å². The largest absolute Gasteiger partial charge is 0.481 e. The molecule has 0 aliphatic rings. The van der Waals surface area contributed by atoms with Gasteiger partial charge in [-0.2, -0.15) is 0 Å². The third-order valence-electron chi connectivity index (χ3n) is 1.81. The first-order valence-electron chi connectivity index (χ1n) is 4.49. The molecule has 0 saturated carbocycles. The Kier molecular flexibility index (Phi) is 4.48. The molecule has 0 aromatic rings. The number of carbonyl (C=O) groups is 1. The van der Waals surface area contributed by atoms with Gasteiger partial charge in [0, 0.05) is 6.42 Å². The van der Waals surface area contributed by atoms with Gasteiger partial charge < -0.3 is 14.7 Å². The van der Waals surface area contributed by atoms with Gasteiger partial charge in [-0.3, -0.25) is 9.18 Å². The van der Waals surface area contributed by atoms with Crippen LogP contribution in [0, 0.1) is 0 Å². The molecule has 0 aliphatic carbocycles. The maximum Gasteiger partial charge on any atom is 0.306 e. The summed E-state index contributed by atoms with van der Waals surface area (Å²) in [5, 5.41) is 18.5. The predicted octanol–water partition coefficient (Wildman–Crippen LogP) is 0.258. The maximum absolute atomic E-state index is 12.2. The van der Waals surface area contributed by atoms with Gasteiger partial charge in [-0.05, 0) is 0 Å². The van der Waals surface area contributed by atoms with Crippen LogP contribution in [-0.2, 0) is 4.79 Å². The van der Waals surface area contributed by atoms with Crippen molar-refractivity contribution >= 4 is 5.97 Å². The number of aliphatic carboxylic acids is 1. The van der Waals surface area contributed by atoms with E-state index in [0.717, 1.165) is 0 Å². The van der Waals surface area contributed by atoms with Crippen LogP contribution in [0.15, 0.2) is 0 Å². The molecule has 0 rings (SSSR count). The van der Waals surface area contributed by atoms with Crippen molar-refractivity contribution in [2.24, 2.45) is 0 Å². The summed E-state index contributed by atoms with van der Waals surface area (Å²) in [6, 6.07) is 0. The van der Waals surface area contributed by atoms with E-state index in [0.29, 0.717) is 4.48 Å². The van der Waals surface area contributed by atoms with E-state index in [4.69, 9.17) is 5.11 Å². The number of halogens is 1. The summed E-state index contributed by atoms with van der Waals surface area (Å²) in [6.45, 7) is -0.479. The van der Waals surface area contributed by atoms with Gasteiger partial charge in [0.2, 0.25) is 0 Å². The highest BCUT2D eigenvalue weighted by atomic mass is 19.1. The van der Waals surface area contributed by atoms with Crippen LogP contribution in [0.3, 0.4) is 0 Å². The van der Waals surface area contributed by atoms with E-state index in [-0.39, 0.29) is 13.0 Å². The number of alkyl halides is 1. The molecule has 1 unspecified atom stereocenters. The van der Waals surface area contributed by atoms with Crippen molar-refractivity contribution in [1.82, 2.24) is 0 Å². The van der Waals surface area contributed by atoms with Crippen LogP contribution in [0.1, 0.15) is 12.8 Å². The van der Waals surface area contributed by atoms with Crippen molar-refractivity contribution < 1.29 is 23.9 Å². The normalized spacial score (nSPS) is 16.4. The Bertz CT molecular complexity index is 203. The molecule has 0 aliphatic heterocycles. The first-order valence-corrected chi connectivity index (χ1v) is 4.49. The lowest BCUT2D eigenvalue weighted by Gasteiger charge is -2.34. The van der Waals surface area contributed by atoms with Gasteiger partial charge in [0.25, 0.3) is 0 Å². The molecule has 5 heteroatoms. The molecule has 0 saturated heterocycles. The molecule has 0 spiro atoms. The Morgan fingerprint density at radius 1 is 1.43 bits per heavy atom. The van der Waals surface area contributed by atoms with Crippen LogP contribution in [-0.4, -0.2) is 60.6 Å². The number of carboxylic acid groups (broad SMARTS) is 1. The highest BCUT2D eigenvalue weighted by Crippen LogP contribution is 2.18. The topological polar surface area (TPSA) is 57.5 Å². The minimum absolute atomic E-state index is 0.130. The second-order valence-electron chi connectivity index (χ2n) is 4.68. The molecule has 4 nitrogen and oxygen atoms in total. The third-order valence-corrected chi connectivity index (χ3v) is 1.81. The SMILES string of the molecule is C[N+](C)(C)CC(O)(CCF)CC(=O)O. The minimum Gasteiger partial charge on any atom is -0.481 e. The number of hydrogen-bond acceptors (Lipinski definition) is 2. The summed E-state index contributed by atoms with van der Waals surface area (Å²) in [7, 11) is 5.47. The summed E-state index contributed by atoms with van der Waals surface area (Å²) < 4.78 is 12.6. The smallest absolute Gasteiger partial charge is 0.306 e. The second-order valence-corrected chi connectivity index (χ2v) is 4.68. The van der Waals surface area contributed by atoms with Crippen LogP contribution in [0.25, 0.3) is 0 Å². The summed E-state index contributed by atoms with van der Waals surface area (Å²) in [4.78, 5) is 10.5. The average Bonchev–Trinajstić information content (AvgIpc) is 1.78. The number of rotatable bonds is 6. The number of aliphatic hydroxyl groups is 1. The second kappa shape index (κ2) is 4.70. The number of hydrogen-bond donors (Lipinski definition) is 2. The lowest BCUT2D eigenvalue weighted by Crippen LogP contribution is -2.50. The molecule has 0 aromatic carbocycles. The van der Waals surface area contributed by atoms with Crippen LogP contribution < -0.4 is 0 Å². The Morgan fingerprint density at radius 2 is 1.93 bits per heavy atom. The monoisotopic (exact) mass is 208 g/mol. The molecule has 14 heavy (non-hydrogen) atoms. The van der Waals surface area contributed by atoms with Crippen molar-refractivity contribution in [3.8, 4) is 0 Å². The van der Waals surface area contributed by atoms with E-state index in [9.17, 15) is 14.3 Å². The molecule has 0 amide bonds.